The lowest BCUT2D eigenvalue weighted by Crippen LogP contribution is -2.55. The van der Waals surface area contributed by atoms with Crippen LogP contribution in [0, 0.1) is 17.5 Å². The minimum absolute atomic E-state index is 0.0188. The zero-order chi connectivity index (χ0) is 24.6. The molecule has 0 spiro atoms. The average molecular weight is 497 g/mol. The van der Waals surface area contributed by atoms with Gasteiger partial charge in [0, 0.05) is 10.5 Å². The van der Waals surface area contributed by atoms with Crippen LogP contribution in [0.3, 0.4) is 0 Å². The van der Waals surface area contributed by atoms with Gasteiger partial charge in [-0.3, -0.25) is 0 Å². The Hall–Kier alpha value is -2.97. The van der Waals surface area contributed by atoms with E-state index in [0.29, 0.717) is 4.90 Å². The Morgan fingerprint density at radius 1 is 1.12 bits per heavy atom. The molecule has 180 valence electrons. The number of halogens is 3. The number of thioether (sulfide) groups is 1. The normalized spacial score (nSPS) is 24.8. The molecular formula is C21H18F3N3O6S. The molecule has 4 rings (SSSR count). The zero-order valence-electron chi connectivity index (χ0n) is 17.1. The van der Waals surface area contributed by atoms with Gasteiger partial charge in [-0.25, -0.2) is 22.6 Å². The van der Waals surface area contributed by atoms with Gasteiger partial charge in [0.25, 0.3) is 0 Å². The largest absolute Gasteiger partial charge is 0.478 e. The fourth-order valence-corrected chi connectivity index (χ4v) is 4.69. The quantitative estimate of drug-likeness (QED) is 0.376. The van der Waals surface area contributed by atoms with Crippen molar-refractivity contribution in [2.75, 3.05) is 6.61 Å². The second kappa shape index (κ2) is 9.72. The summed E-state index contributed by atoms with van der Waals surface area (Å²) in [6, 6.07) is 6.16. The molecule has 2 aromatic carbocycles. The second-order valence-corrected chi connectivity index (χ2v) is 8.66. The number of carboxylic acid groups (broad SMARTS) is 1. The van der Waals surface area contributed by atoms with E-state index in [-0.39, 0.29) is 16.8 Å². The van der Waals surface area contributed by atoms with Crippen LogP contribution in [0.25, 0.3) is 11.3 Å². The standard InChI is InChI=1S/C21H18F3N3O6S/c22-12-5-10(6-13(23)16(12)24)14-7-27(26-25-14)17-18(29)15(8-28)33-21(19(17)30)34-11-3-1-2-9(4-11)20(31)32/h1-7,15,17-19,21,28-30H,8H2,(H,31,32)/t15-,17+,18+,19-,21-/m1/s1. The van der Waals surface area contributed by atoms with Crippen molar-refractivity contribution in [1.82, 2.24) is 15.0 Å². The third-order valence-electron chi connectivity index (χ3n) is 5.28. The number of carbonyl (C=O) groups is 1. The number of aromatic carboxylic acids is 1. The van der Waals surface area contributed by atoms with Crippen LogP contribution in [-0.2, 0) is 4.74 Å². The van der Waals surface area contributed by atoms with Gasteiger partial charge in [-0.2, -0.15) is 0 Å². The molecule has 0 bridgehead atoms. The SMILES string of the molecule is O=C(O)c1cccc(S[C@H]2O[C@H](CO)[C@H](O)[C@H](n3cc(-c4cc(F)c(F)c(F)c4)nn3)[C@H]2O)c1. The molecule has 4 N–H and O–H groups in total. The predicted molar refractivity (Wildman–Crippen MR) is 111 cm³/mol. The molecule has 9 nitrogen and oxygen atoms in total. The minimum atomic E-state index is -1.64. The number of rotatable bonds is 6. The van der Waals surface area contributed by atoms with Gasteiger partial charge in [-0.15, -0.1) is 5.10 Å². The van der Waals surface area contributed by atoms with Crippen molar-refractivity contribution in [2.24, 2.45) is 0 Å². The van der Waals surface area contributed by atoms with E-state index >= 15 is 0 Å². The summed E-state index contributed by atoms with van der Waals surface area (Å²) in [5, 5.41) is 48.1. The first-order valence-electron chi connectivity index (χ1n) is 9.88. The number of hydrogen-bond acceptors (Lipinski definition) is 8. The monoisotopic (exact) mass is 497 g/mol. The molecule has 1 aliphatic rings. The molecule has 0 saturated carbocycles. The van der Waals surface area contributed by atoms with Crippen LogP contribution in [0.2, 0.25) is 0 Å². The van der Waals surface area contributed by atoms with Gasteiger partial charge < -0.3 is 25.2 Å². The van der Waals surface area contributed by atoms with Crippen LogP contribution in [-0.4, -0.2) is 71.7 Å². The average Bonchev–Trinajstić information content (AvgIpc) is 3.29. The maximum absolute atomic E-state index is 13.6. The third kappa shape index (κ3) is 4.65. The van der Waals surface area contributed by atoms with Crippen molar-refractivity contribution in [3.63, 3.8) is 0 Å². The summed E-state index contributed by atoms with van der Waals surface area (Å²) in [4.78, 5) is 11.7. The van der Waals surface area contributed by atoms with Crippen molar-refractivity contribution >= 4 is 17.7 Å². The first-order chi connectivity index (χ1) is 16.2. The van der Waals surface area contributed by atoms with E-state index in [1.165, 1.54) is 24.4 Å². The minimum Gasteiger partial charge on any atom is -0.478 e. The summed E-state index contributed by atoms with van der Waals surface area (Å²) >= 11 is 0.972. The van der Waals surface area contributed by atoms with Crippen LogP contribution in [0.4, 0.5) is 13.2 Å². The Bertz CT molecular complexity index is 1190. The molecule has 0 unspecified atom stereocenters. The Labute approximate surface area is 194 Å². The summed E-state index contributed by atoms with van der Waals surface area (Å²) in [5.74, 6) is -5.62. The summed E-state index contributed by atoms with van der Waals surface area (Å²) in [6.45, 7) is -0.605. The predicted octanol–water partition coefficient (Wildman–Crippen LogP) is 1.83. The zero-order valence-corrected chi connectivity index (χ0v) is 17.9. The van der Waals surface area contributed by atoms with Gasteiger partial charge in [-0.05, 0) is 30.3 Å². The van der Waals surface area contributed by atoms with Gasteiger partial charge in [0.05, 0.1) is 18.4 Å². The van der Waals surface area contributed by atoms with E-state index in [0.717, 1.165) is 28.6 Å². The first kappa shape index (κ1) is 24.2. The van der Waals surface area contributed by atoms with Crippen molar-refractivity contribution in [2.45, 2.75) is 34.7 Å². The summed E-state index contributed by atoms with van der Waals surface area (Å²) in [6.07, 6.45) is -2.80. The van der Waals surface area contributed by atoms with E-state index in [2.05, 4.69) is 10.3 Å². The topological polar surface area (TPSA) is 138 Å². The molecule has 5 atom stereocenters. The van der Waals surface area contributed by atoms with Gasteiger partial charge in [-0.1, -0.05) is 23.0 Å². The van der Waals surface area contributed by atoms with Crippen molar-refractivity contribution in [3.05, 3.63) is 65.6 Å². The van der Waals surface area contributed by atoms with E-state index in [9.17, 15) is 38.4 Å². The molecule has 1 saturated heterocycles. The second-order valence-electron chi connectivity index (χ2n) is 7.49. The molecule has 1 fully saturated rings. The molecule has 2 heterocycles. The van der Waals surface area contributed by atoms with Crippen LogP contribution in [0.5, 0.6) is 0 Å². The number of nitrogens with zero attached hydrogens (tertiary/aromatic N) is 3. The molecule has 0 radical (unpaired) electrons. The van der Waals surface area contributed by atoms with Gasteiger partial charge in [0.15, 0.2) is 17.5 Å². The number of carboxylic acids is 1. The van der Waals surface area contributed by atoms with Crippen LogP contribution >= 0.6 is 11.8 Å². The third-order valence-corrected chi connectivity index (χ3v) is 6.43. The number of aliphatic hydroxyl groups is 3. The van der Waals surface area contributed by atoms with Gasteiger partial charge in [0.2, 0.25) is 0 Å². The Kier molecular flexibility index (Phi) is 6.91. The smallest absolute Gasteiger partial charge is 0.335 e. The summed E-state index contributed by atoms with van der Waals surface area (Å²) in [7, 11) is 0. The Balaban J connectivity index is 1.63. The lowest BCUT2D eigenvalue weighted by Gasteiger charge is -2.41. The van der Waals surface area contributed by atoms with E-state index < -0.39 is 59.8 Å². The molecule has 1 aromatic heterocycles. The van der Waals surface area contributed by atoms with Crippen LogP contribution in [0.1, 0.15) is 16.4 Å². The number of hydrogen-bond donors (Lipinski definition) is 4. The fraction of sp³-hybridized carbons (Fsp3) is 0.286. The molecule has 1 aliphatic heterocycles. The molecule has 34 heavy (non-hydrogen) atoms. The molecule has 3 aromatic rings. The molecule has 0 amide bonds. The van der Waals surface area contributed by atoms with E-state index in [1.54, 1.807) is 6.07 Å². The van der Waals surface area contributed by atoms with Crippen LogP contribution < -0.4 is 0 Å². The number of ether oxygens (including phenoxy) is 1. The van der Waals surface area contributed by atoms with E-state index in [1.807, 2.05) is 0 Å². The highest BCUT2D eigenvalue weighted by Crippen LogP contribution is 2.38. The van der Waals surface area contributed by atoms with Crippen molar-refractivity contribution in [3.8, 4) is 11.3 Å². The fourth-order valence-electron chi connectivity index (χ4n) is 3.57. The number of aliphatic hydroxyl groups excluding tert-OH is 3. The highest BCUT2D eigenvalue weighted by atomic mass is 32.2. The lowest BCUT2D eigenvalue weighted by molar-refractivity contribution is -0.178. The van der Waals surface area contributed by atoms with Crippen molar-refractivity contribution in [1.29, 1.82) is 0 Å². The lowest BCUT2D eigenvalue weighted by atomic mass is 9.97. The van der Waals surface area contributed by atoms with Crippen LogP contribution in [0.15, 0.2) is 47.5 Å². The maximum atomic E-state index is 13.6. The number of benzene rings is 2. The molecule has 0 aliphatic carbocycles. The molecule has 13 heteroatoms. The number of aromatic nitrogens is 3. The van der Waals surface area contributed by atoms with E-state index in [4.69, 9.17) is 4.74 Å². The highest BCUT2D eigenvalue weighted by molar-refractivity contribution is 7.99. The van der Waals surface area contributed by atoms with Crippen molar-refractivity contribution < 1.29 is 43.1 Å². The summed E-state index contributed by atoms with van der Waals surface area (Å²) in [5.41, 5.74) is -1.20. The van der Waals surface area contributed by atoms with Gasteiger partial charge >= 0.3 is 5.97 Å². The first-order valence-corrected chi connectivity index (χ1v) is 10.8. The van der Waals surface area contributed by atoms with Gasteiger partial charge in [0.1, 0.15) is 35.5 Å². The summed E-state index contributed by atoms with van der Waals surface area (Å²) < 4.78 is 47.2. The maximum Gasteiger partial charge on any atom is 0.335 e. The molecular weight excluding hydrogens is 479 g/mol. The Morgan fingerprint density at radius 3 is 2.47 bits per heavy atom. The Morgan fingerprint density at radius 2 is 1.82 bits per heavy atom. The highest BCUT2D eigenvalue weighted by Gasteiger charge is 2.46.